The molecule has 1 unspecified atom stereocenters. The Bertz CT molecular complexity index is 512. The Hall–Kier alpha value is -2.37. The van der Waals surface area contributed by atoms with E-state index < -0.39 is 23.9 Å². The van der Waals surface area contributed by atoms with Crippen LogP contribution in [-0.2, 0) is 4.79 Å². The van der Waals surface area contributed by atoms with E-state index in [4.69, 9.17) is 10.2 Å². The first-order valence-corrected chi connectivity index (χ1v) is 6.32. The van der Waals surface area contributed by atoms with Gasteiger partial charge in [-0.05, 0) is 24.6 Å². The summed E-state index contributed by atoms with van der Waals surface area (Å²) >= 11 is 0. The molecule has 0 aliphatic carbocycles. The number of aromatic carboxylic acids is 1. The summed E-state index contributed by atoms with van der Waals surface area (Å²) in [6.45, 7) is 1.93. The van der Waals surface area contributed by atoms with Gasteiger partial charge in [0.2, 0.25) is 0 Å². The molecule has 0 aromatic heterocycles. The number of carboxylic acid groups (broad SMARTS) is 2. The van der Waals surface area contributed by atoms with Gasteiger partial charge in [-0.2, -0.15) is 0 Å². The SMILES string of the molecule is CCCCC(NC(=O)c1cccc(C(=O)O)c1)C(=O)O. The minimum absolute atomic E-state index is 0.0157. The number of hydrogen-bond donors (Lipinski definition) is 3. The first-order chi connectivity index (χ1) is 9.45. The number of nitrogens with one attached hydrogen (secondary N) is 1. The normalized spacial score (nSPS) is 11.7. The highest BCUT2D eigenvalue weighted by Gasteiger charge is 2.20. The van der Waals surface area contributed by atoms with Crippen LogP contribution in [0.2, 0.25) is 0 Å². The van der Waals surface area contributed by atoms with E-state index in [1.807, 2.05) is 6.92 Å². The largest absolute Gasteiger partial charge is 0.480 e. The lowest BCUT2D eigenvalue weighted by atomic mass is 10.1. The van der Waals surface area contributed by atoms with Gasteiger partial charge in [0.1, 0.15) is 6.04 Å². The molecule has 6 heteroatoms. The van der Waals surface area contributed by atoms with Crippen LogP contribution in [0.15, 0.2) is 24.3 Å². The molecule has 0 aliphatic rings. The summed E-state index contributed by atoms with van der Waals surface area (Å²) in [5.74, 6) is -2.82. The third kappa shape index (κ3) is 4.38. The van der Waals surface area contributed by atoms with E-state index in [2.05, 4.69) is 5.32 Å². The van der Waals surface area contributed by atoms with Gasteiger partial charge in [0, 0.05) is 5.56 Å². The van der Waals surface area contributed by atoms with Crippen molar-refractivity contribution in [2.45, 2.75) is 32.2 Å². The van der Waals surface area contributed by atoms with Crippen molar-refractivity contribution in [1.82, 2.24) is 5.32 Å². The van der Waals surface area contributed by atoms with E-state index in [0.29, 0.717) is 12.8 Å². The number of carboxylic acids is 2. The van der Waals surface area contributed by atoms with Crippen molar-refractivity contribution >= 4 is 17.8 Å². The zero-order chi connectivity index (χ0) is 15.1. The third-order valence-electron chi connectivity index (χ3n) is 2.82. The van der Waals surface area contributed by atoms with Crippen molar-refractivity contribution in [2.24, 2.45) is 0 Å². The smallest absolute Gasteiger partial charge is 0.335 e. The van der Waals surface area contributed by atoms with Gasteiger partial charge in [0.15, 0.2) is 0 Å². The van der Waals surface area contributed by atoms with Crippen LogP contribution in [0.3, 0.4) is 0 Å². The fourth-order valence-corrected chi connectivity index (χ4v) is 1.70. The maximum atomic E-state index is 11.9. The van der Waals surface area contributed by atoms with E-state index in [0.717, 1.165) is 6.42 Å². The molecule has 6 nitrogen and oxygen atoms in total. The molecule has 0 spiro atoms. The molecular formula is C14H17NO5. The Morgan fingerprint density at radius 2 is 1.85 bits per heavy atom. The van der Waals surface area contributed by atoms with Crippen molar-refractivity contribution < 1.29 is 24.6 Å². The molecule has 20 heavy (non-hydrogen) atoms. The highest BCUT2D eigenvalue weighted by atomic mass is 16.4. The Balaban J connectivity index is 2.80. The van der Waals surface area contributed by atoms with Gasteiger partial charge in [0.05, 0.1) is 5.56 Å². The van der Waals surface area contributed by atoms with Crippen molar-refractivity contribution in [3.63, 3.8) is 0 Å². The predicted molar refractivity (Wildman–Crippen MR) is 71.8 cm³/mol. The van der Waals surface area contributed by atoms with Crippen LogP contribution in [0.25, 0.3) is 0 Å². The second kappa shape index (κ2) is 7.28. The highest BCUT2D eigenvalue weighted by Crippen LogP contribution is 2.07. The number of rotatable bonds is 7. The molecule has 1 rings (SSSR count). The monoisotopic (exact) mass is 279 g/mol. The molecule has 0 aliphatic heterocycles. The maximum Gasteiger partial charge on any atom is 0.335 e. The summed E-state index contributed by atoms with van der Waals surface area (Å²) in [4.78, 5) is 33.8. The van der Waals surface area contributed by atoms with Gasteiger partial charge in [-0.25, -0.2) is 9.59 Å². The first-order valence-electron chi connectivity index (χ1n) is 6.32. The fourth-order valence-electron chi connectivity index (χ4n) is 1.70. The van der Waals surface area contributed by atoms with E-state index in [1.165, 1.54) is 24.3 Å². The number of carbonyl (C=O) groups excluding carboxylic acids is 1. The molecule has 108 valence electrons. The fraction of sp³-hybridized carbons (Fsp3) is 0.357. The summed E-state index contributed by atoms with van der Waals surface area (Å²) in [6.07, 6.45) is 1.86. The van der Waals surface area contributed by atoms with Crippen LogP contribution < -0.4 is 5.32 Å². The zero-order valence-electron chi connectivity index (χ0n) is 11.1. The zero-order valence-corrected chi connectivity index (χ0v) is 11.1. The number of hydrogen-bond acceptors (Lipinski definition) is 3. The van der Waals surface area contributed by atoms with Crippen LogP contribution in [0.1, 0.15) is 46.9 Å². The molecule has 0 saturated carbocycles. The lowest BCUT2D eigenvalue weighted by Gasteiger charge is -2.14. The van der Waals surface area contributed by atoms with Crippen LogP contribution >= 0.6 is 0 Å². The molecule has 1 atom stereocenters. The van der Waals surface area contributed by atoms with Crippen LogP contribution in [0, 0.1) is 0 Å². The third-order valence-corrected chi connectivity index (χ3v) is 2.82. The standard InChI is InChI=1S/C14H17NO5/c1-2-3-7-11(14(19)20)15-12(16)9-5-4-6-10(8-9)13(17)18/h4-6,8,11H,2-3,7H2,1H3,(H,15,16)(H,17,18)(H,19,20). The minimum atomic E-state index is -1.14. The molecule has 0 saturated heterocycles. The van der Waals surface area contributed by atoms with Crippen molar-refractivity contribution in [3.8, 4) is 0 Å². The van der Waals surface area contributed by atoms with Gasteiger partial charge in [-0.3, -0.25) is 4.79 Å². The number of amides is 1. The maximum absolute atomic E-state index is 11.9. The molecule has 0 radical (unpaired) electrons. The minimum Gasteiger partial charge on any atom is -0.480 e. The molecule has 3 N–H and O–H groups in total. The first kappa shape index (κ1) is 15.7. The van der Waals surface area contributed by atoms with Gasteiger partial charge < -0.3 is 15.5 Å². The van der Waals surface area contributed by atoms with Gasteiger partial charge >= 0.3 is 11.9 Å². The van der Waals surface area contributed by atoms with E-state index in [9.17, 15) is 14.4 Å². The molecule has 1 amide bonds. The summed E-state index contributed by atoms with van der Waals surface area (Å²) < 4.78 is 0. The van der Waals surface area contributed by atoms with E-state index >= 15 is 0 Å². The quantitative estimate of drug-likeness (QED) is 0.705. The Morgan fingerprint density at radius 1 is 1.20 bits per heavy atom. The molecule has 1 aromatic carbocycles. The summed E-state index contributed by atoms with van der Waals surface area (Å²) in [5, 5.41) is 20.3. The summed E-state index contributed by atoms with van der Waals surface area (Å²) in [6, 6.07) is 4.51. The van der Waals surface area contributed by atoms with Crippen LogP contribution in [-0.4, -0.2) is 34.1 Å². The second-order valence-corrected chi connectivity index (χ2v) is 4.39. The average Bonchev–Trinajstić information content (AvgIpc) is 2.42. The van der Waals surface area contributed by atoms with Crippen LogP contribution in [0.4, 0.5) is 0 Å². The van der Waals surface area contributed by atoms with Gasteiger partial charge in [0.25, 0.3) is 5.91 Å². The van der Waals surface area contributed by atoms with Crippen molar-refractivity contribution in [2.75, 3.05) is 0 Å². The number of unbranched alkanes of at least 4 members (excludes halogenated alkanes) is 1. The molecular weight excluding hydrogens is 262 g/mol. The van der Waals surface area contributed by atoms with E-state index in [-0.39, 0.29) is 11.1 Å². The summed E-state index contributed by atoms with van der Waals surface area (Å²) in [5.41, 5.74) is 0.116. The Labute approximate surface area is 116 Å². The van der Waals surface area contributed by atoms with Crippen molar-refractivity contribution in [1.29, 1.82) is 0 Å². The molecule has 1 aromatic rings. The Kier molecular flexibility index (Phi) is 5.71. The number of benzene rings is 1. The van der Waals surface area contributed by atoms with Crippen molar-refractivity contribution in [3.05, 3.63) is 35.4 Å². The molecule has 0 fully saturated rings. The van der Waals surface area contributed by atoms with Crippen LogP contribution in [0.5, 0.6) is 0 Å². The summed E-state index contributed by atoms with van der Waals surface area (Å²) in [7, 11) is 0. The highest BCUT2D eigenvalue weighted by molar-refractivity contribution is 5.99. The lowest BCUT2D eigenvalue weighted by Crippen LogP contribution is -2.40. The van der Waals surface area contributed by atoms with Gasteiger partial charge in [-0.1, -0.05) is 25.8 Å². The number of carbonyl (C=O) groups is 3. The predicted octanol–water partition coefficient (Wildman–Crippen LogP) is 1.76. The second-order valence-electron chi connectivity index (χ2n) is 4.39. The number of aliphatic carboxylic acids is 1. The average molecular weight is 279 g/mol. The Morgan fingerprint density at radius 3 is 2.40 bits per heavy atom. The topological polar surface area (TPSA) is 104 Å². The molecule has 0 bridgehead atoms. The molecule has 0 heterocycles. The lowest BCUT2D eigenvalue weighted by molar-refractivity contribution is -0.139. The van der Waals surface area contributed by atoms with E-state index in [1.54, 1.807) is 0 Å². The van der Waals surface area contributed by atoms with Gasteiger partial charge in [-0.15, -0.1) is 0 Å².